The first-order valence-corrected chi connectivity index (χ1v) is 12.6. The smallest absolute Gasteiger partial charge is 0.391 e. The van der Waals surface area contributed by atoms with Crippen molar-refractivity contribution in [3.8, 4) is 5.88 Å². The number of carbonyl (C=O) groups excluding carboxylic acids is 3. The van der Waals surface area contributed by atoms with Crippen LogP contribution in [0.2, 0.25) is 0 Å². The van der Waals surface area contributed by atoms with E-state index < -0.39 is 22.0 Å². The lowest BCUT2D eigenvalue weighted by Crippen LogP contribution is -2.31. The van der Waals surface area contributed by atoms with Gasteiger partial charge in [0.05, 0.1) is 17.1 Å². The minimum atomic E-state index is -4.19. The summed E-state index contributed by atoms with van der Waals surface area (Å²) in [6.07, 6.45) is 4.45. The van der Waals surface area contributed by atoms with E-state index >= 15 is 0 Å². The van der Waals surface area contributed by atoms with Crippen molar-refractivity contribution in [2.45, 2.75) is 37.5 Å². The number of unbranched alkanes of at least 4 members (excludes halogenated alkanes) is 3. The van der Waals surface area contributed by atoms with E-state index in [-0.39, 0.29) is 28.8 Å². The van der Waals surface area contributed by atoms with E-state index in [9.17, 15) is 22.8 Å². The second-order valence-corrected chi connectivity index (χ2v) is 9.15. The Hall–Kier alpha value is -3.51. The molecule has 11 nitrogen and oxygen atoms in total. The highest BCUT2D eigenvalue weighted by Crippen LogP contribution is 2.13. The summed E-state index contributed by atoms with van der Waals surface area (Å²) in [5.74, 6) is -1.28. The molecule has 0 aliphatic carbocycles. The molecule has 0 aliphatic rings. The quantitative estimate of drug-likeness (QED) is 0.350. The molecule has 0 spiro atoms. The normalized spacial score (nSPS) is 10.9. The average Bonchev–Trinajstić information content (AvgIpc) is 2.84. The molecule has 1 aromatic carbocycles. The average molecular weight is 507 g/mol. The van der Waals surface area contributed by atoms with Crippen LogP contribution in [0.3, 0.4) is 0 Å². The Morgan fingerprint density at radius 2 is 1.60 bits per heavy atom. The maximum Gasteiger partial charge on any atom is 0.414 e. The molecular weight excluding hydrogens is 476 g/mol. The van der Waals surface area contributed by atoms with Crippen LogP contribution in [-0.2, 0) is 14.8 Å². The Morgan fingerprint density at radius 3 is 2.23 bits per heavy atom. The van der Waals surface area contributed by atoms with Gasteiger partial charge >= 0.3 is 6.09 Å². The Morgan fingerprint density at radius 1 is 0.886 bits per heavy atom. The molecule has 2 aromatic rings. The topological polar surface area (TPSA) is 153 Å². The van der Waals surface area contributed by atoms with Crippen molar-refractivity contribution in [2.24, 2.45) is 0 Å². The molecule has 2 rings (SSSR count). The summed E-state index contributed by atoms with van der Waals surface area (Å²) in [5, 5.41) is 5.23. The first kappa shape index (κ1) is 27.7. The summed E-state index contributed by atoms with van der Waals surface area (Å²) >= 11 is 0. The molecule has 190 valence electrons. The fraction of sp³-hybridized carbons (Fsp3) is 0.391. The van der Waals surface area contributed by atoms with Crippen LogP contribution in [0.5, 0.6) is 5.88 Å². The minimum Gasteiger partial charge on any atom is -0.391 e. The standard InChI is InChI=1S/C23H30N4O7S/c1-3-4-5-6-13-24-21(28)17-7-10-19(11-8-17)35(31,32)27-22(29)18-9-12-20(26-16-18)34-23(30)25-14-15-33-2/h7-12,16H,3-6,13-15H2,1-2H3,(H,24,28)(H,25,30)(H,27,29). The van der Waals surface area contributed by atoms with Crippen LogP contribution in [0.1, 0.15) is 53.3 Å². The van der Waals surface area contributed by atoms with E-state index in [1.807, 2.05) is 4.72 Å². The third-order valence-electron chi connectivity index (χ3n) is 4.74. The van der Waals surface area contributed by atoms with Crippen LogP contribution >= 0.6 is 0 Å². The molecule has 0 radical (unpaired) electrons. The number of sulfonamides is 1. The Labute approximate surface area is 204 Å². The number of ether oxygens (including phenoxy) is 2. The summed E-state index contributed by atoms with van der Waals surface area (Å²) in [5.41, 5.74) is 0.261. The highest BCUT2D eigenvalue weighted by molar-refractivity contribution is 7.90. The lowest BCUT2D eigenvalue weighted by Gasteiger charge is -2.09. The predicted octanol–water partition coefficient (Wildman–Crippen LogP) is 2.25. The fourth-order valence-electron chi connectivity index (χ4n) is 2.84. The maximum atomic E-state index is 12.6. The lowest BCUT2D eigenvalue weighted by molar-refractivity contribution is 0.0950. The maximum absolute atomic E-state index is 12.6. The molecule has 12 heteroatoms. The molecule has 3 N–H and O–H groups in total. The summed E-state index contributed by atoms with van der Waals surface area (Å²) < 4.78 is 36.8. The summed E-state index contributed by atoms with van der Waals surface area (Å²) in [4.78, 5) is 39.8. The van der Waals surface area contributed by atoms with Crippen LogP contribution in [-0.4, -0.2) is 58.1 Å². The number of benzene rings is 1. The lowest BCUT2D eigenvalue weighted by atomic mass is 10.2. The van der Waals surface area contributed by atoms with Gasteiger partial charge < -0.3 is 20.1 Å². The van der Waals surface area contributed by atoms with Gasteiger partial charge in [-0.3, -0.25) is 9.59 Å². The molecule has 1 heterocycles. The van der Waals surface area contributed by atoms with Crippen LogP contribution in [0.15, 0.2) is 47.5 Å². The second-order valence-electron chi connectivity index (χ2n) is 7.47. The molecule has 0 saturated carbocycles. The van der Waals surface area contributed by atoms with Gasteiger partial charge in [0.1, 0.15) is 0 Å². The SMILES string of the molecule is CCCCCCNC(=O)c1ccc(S(=O)(=O)NC(=O)c2ccc(OC(=O)NCCOC)nc2)cc1. The number of nitrogens with zero attached hydrogens (tertiary/aromatic N) is 1. The van der Waals surface area contributed by atoms with Crippen LogP contribution < -0.4 is 20.1 Å². The third-order valence-corrected chi connectivity index (χ3v) is 6.09. The number of hydrogen-bond donors (Lipinski definition) is 3. The minimum absolute atomic E-state index is 0.0558. The number of methoxy groups -OCH3 is 1. The Bertz CT molecular complexity index is 1090. The summed E-state index contributed by atoms with van der Waals surface area (Å²) in [7, 11) is -2.70. The molecule has 0 saturated heterocycles. The number of pyridine rings is 1. The van der Waals surface area contributed by atoms with E-state index in [4.69, 9.17) is 9.47 Å². The molecule has 0 unspecified atom stereocenters. The van der Waals surface area contributed by atoms with E-state index in [2.05, 4.69) is 22.5 Å². The highest BCUT2D eigenvalue weighted by atomic mass is 32.2. The monoisotopic (exact) mass is 506 g/mol. The summed E-state index contributed by atoms with van der Waals surface area (Å²) in [6, 6.07) is 7.78. The van der Waals surface area contributed by atoms with Gasteiger partial charge in [-0.15, -0.1) is 0 Å². The molecule has 0 atom stereocenters. The Kier molecular flexibility index (Phi) is 11.1. The van der Waals surface area contributed by atoms with E-state index in [1.54, 1.807) is 0 Å². The van der Waals surface area contributed by atoms with Gasteiger partial charge in [-0.05, 0) is 36.8 Å². The van der Waals surface area contributed by atoms with Gasteiger partial charge in [-0.25, -0.2) is 22.9 Å². The molecular formula is C23H30N4O7S. The third kappa shape index (κ3) is 9.33. The number of hydrogen-bond acceptors (Lipinski definition) is 8. The number of carbonyl (C=O) groups is 3. The molecule has 0 fully saturated rings. The van der Waals surface area contributed by atoms with Crippen LogP contribution in [0, 0.1) is 0 Å². The number of nitrogens with one attached hydrogen (secondary N) is 3. The van der Waals surface area contributed by atoms with E-state index in [1.165, 1.54) is 43.5 Å². The zero-order valence-electron chi connectivity index (χ0n) is 19.7. The van der Waals surface area contributed by atoms with Crippen molar-refractivity contribution in [2.75, 3.05) is 26.8 Å². The van der Waals surface area contributed by atoms with Gasteiger partial charge in [0, 0.05) is 38.0 Å². The zero-order chi connectivity index (χ0) is 25.7. The second kappa shape index (κ2) is 14.0. The van der Waals surface area contributed by atoms with Crippen molar-refractivity contribution in [1.82, 2.24) is 20.3 Å². The Balaban J connectivity index is 1.92. The van der Waals surface area contributed by atoms with Crippen LogP contribution in [0.4, 0.5) is 4.79 Å². The number of amides is 3. The van der Waals surface area contributed by atoms with Crippen molar-refractivity contribution < 1.29 is 32.3 Å². The van der Waals surface area contributed by atoms with Gasteiger partial charge in [0.15, 0.2) is 0 Å². The van der Waals surface area contributed by atoms with E-state index in [0.717, 1.165) is 31.9 Å². The number of aromatic nitrogens is 1. The zero-order valence-corrected chi connectivity index (χ0v) is 20.5. The van der Waals surface area contributed by atoms with Crippen molar-refractivity contribution >= 4 is 27.9 Å². The molecule has 35 heavy (non-hydrogen) atoms. The fourth-order valence-corrected chi connectivity index (χ4v) is 3.82. The number of rotatable bonds is 13. The van der Waals surface area contributed by atoms with Gasteiger partial charge in [0.25, 0.3) is 21.8 Å². The molecule has 0 bridgehead atoms. The molecule has 0 aliphatic heterocycles. The van der Waals surface area contributed by atoms with Gasteiger partial charge in [-0.1, -0.05) is 26.2 Å². The first-order chi connectivity index (χ1) is 16.8. The van der Waals surface area contributed by atoms with Crippen molar-refractivity contribution in [1.29, 1.82) is 0 Å². The van der Waals surface area contributed by atoms with Gasteiger partial charge in [-0.2, -0.15) is 0 Å². The van der Waals surface area contributed by atoms with Crippen molar-refractivity contribution in [3.63, 3.8) is 0 Å². The van der Waals surface area contributed by atoms with Gasteiger partial charge in [0.2, 0.25) is 5.88 Å². The van der Waals surface area contributed by atoms with Crippen LogP contribution in [0.25, 0.3) is 0 Å². The molecule has 3 amide bonds. The molecule has 1 aromatic heterocycles. The highest BCUT2D eigenvalue weighted by Gasteiger charge is 2.20. The van der Waals surface area contributed by atoms with E-state index in [0.29, 0.717) is 18.7 Å². The summed E-state index contributed by atoms with van der Waals surface area (Å²) in [6.45, 7) is 3.21. The predicted molar refractivity (Wildman–Crippen MR) is 128 cm³/mol. The first-order valence-electron chi connectivity index (χ1n) is 11.1. The largest absolute Gasteiger partial charge is 0.414 e. The van der Waals surface area contributed by atoms with Crippen molar-refractivity contribution in [3.05, 3.63) is 53.7 Å².